The first-order valence-corrected chi connectivity index (χ1v) is 4.80. The van der Waals surface area contributed by atoms with E-state index in [2.05, 4.69) is 5.32 Å². The zero-order valence-electron chi connectivity index (χ0n) is 7.83. The van der Waals surface area contributed by atoms with E-state index in [0.717, 1.165) is 0 Å². The fourth-order valence-electron chi connectivity index (χ4n) is 0.745. The number of amides is 1. The van der Waals surface area contributed by atoms with E-state index in [-0.39, 0.29) is 30.7 Å². The number of carbonyl (C=O) groups is 1. The Morgan fingerprint density at radius 1 is 1.50 bits per heavy atom. The summed E-state index contributed by atoms with van der Waals surface area (Å²) in [6, 6.07) is 0. The molecule has 0 aromatic carbocycles. The third-order valence-corrected chi connectivity index (χ3v) is 2.08. The maximum atomic E-state index is 11.7. The molecule has 0 spiro atoms. The van der Waals surface area contributed by atoms with Gasteiger partial charge in [0.2, 0.25) is 5.91 Å². The van der Waals surface area contributed by atoms with Crippen molar-refractivity contribution >= 4 is 17.5 Å². The number of halogens is 4. The monoisotopic (exact) mass is 231 g/mol. The number of hydrogen-bond acceptors (Lipinski definition) is 1. The molecular formula is C8H13ClF3NO. The first kappa shape index (κ1) is 13.5. The minimum Gasteiger partial charge on any atom is -0.356 e. The summed E-state index contributed by atoms with van der Waals surface area (Å²) in [6.07, 6.45) is -5.12. The lowest BCUT2D eigenvalue weighted by atomic mass is 10.2. The molecule has 0 aliphatic carbocycles. The van der Waals surface area contributed by atoms with E-state index < -0.39 is 12.6 Å². The fraction of sp³-hybridized carbons (Fsp3) is 0.875. The number of alkyl halides is 4. The Labute approximate surface area is 85.8 Å². The molecule has 6 heteroatoms. The summed E-state index contributed by atoms with van der Waals surface area (Å²) >= 11 is 5.39. The van der Waals surface area contributed by atoms with E-state index in [1.807, 2.05) is 0 Å². The number of carbonyl (C=O) groups excluding carboxylic acids is 1. The van der Waals surface area contributed by atoms with Gasteiger partial charge in [-0.25, -0.2) is 0 Å². The summed E-state index contributed by atoms with van der Waals surface area (Å²) < 4.78 is 35.0. The van der Waals surface area contributed by atoms with E-state index in [1.54, 1.807) is 6.92 Å². The highest BCUT2D eigenvalue weighted by molar-refractivity contribution is 6.19. The predicted molar refractivity (Wildman–Crippen MR) is 48.2 cm³/mol. The van der Waals surface area contributed by atoms with E-state index >= 15 is 0 Å². The predicted octanol–water partition coefficient (Wildman–Crippen LogP) is 2.32. The minimum atomic E-state index is -4.15. The van der Waals surface area contributed by atoms with Crippen molar-refractivity contribution in [1.82, 2.24) is 5.32 Å². The molecule has 0 bridgehead atoms. The molecule has 0 aliphatic heterocycles. The molecule has 0 aromatic heterocycles. The molecular weight excluding hydrogens is 219 g/mol. The van der Waals surface area contributed by atoms with Crippen LogP contribution >= 0.6 is 11.6 Å². The average Bonchev–Trinajstić information content (AvgIpc) is 2.09. The van der Waals surface area contributed by atoms with Crippen molar-refractivity contribution in [2.24, 2.45) is 5.92 Å². The summed E-state index contributed by atoms with van der Waals surface area (Å²) in [5.41, 5.74) is 0. The topological polar surface area (TPSA) is 29.1 Å². The van der Waals surface area contributed by atoms with Crippen molar-refractivity contribution in [1.29, 1.82) is 0 Å². The highest BCUT2D eigenvalue weighted by Gasteiger charge is 2.26. The van der Waals surface area contributed by atoms with Gasteiger partial charge in [-0.1, -0.05) is 6.92 Å². The van der Waals surface area contributed by atoms with Gasteiger partial charge >= 0.3 is 6.18 Å². The molecule has 2 nitrogen and oxygen atoms in total. The van der Waals surface area contributed by atoms with Crippen molar-refractivity contribution in [2.75, 3.05) is 12.4 Å². The lowest BCUT2D eigenvalue weighted by Crippen LogP contribution is -2.31. The normalized spacial score (nSPS) is 13.8. The maximum Gasteiger partial charge on any atom is 0.389 e. The van der Waals surface area contributed by atoms with Crippen LogP contribution in [0.4, 0.5) is 13.2 Å². The van der Waals surface area contributed by atoms with Gasteiger partial charge in [-0.3, -0.25) is 4.79 Å². The molecule has 0 saturated heterocycles. The maximum absolute atomic E-state index is 11.7. The van der Waals surface area contributed by atoms with Crippen LogP contribution in [0.1, 0.15) is 19.8 Å². The van der Waals surface area contributed by atoms with E-state index in [1.165, 1.54) is 0 Å². The third-order valence-electron chi connectivity index (χ3n) is 1.62. The molecule has 0 radical (unpaired) electrons. The smallest absolute Gasteiger partial charge is 0.356 e. The van der Waals surface area contributed by atoms with Gasteiger partial charge in [-0.15, -0.1) is 11.6 Å². The number of hydrogen-bond donors (Lipinski definition) is 1. The van der Waals surface area contributed by atoms with Crippen molar-refractivity contribution < 1.29 is 18.0 Å². The summed E-state index contributed by atoms with van der Waals surface area (Å²) in [4.78, 5) is 11.0. The van der Waals surface area contributed by atoms with Crippen molar-refractivity contribution in [3.63, 3.8) is 0 Å². The van der Waals surface area contributed by atoms with Crippen molar-refractivity contribution in [2.45, 2.75) is 25.9 Å². The average molecular weight is 232 g/mol. The van der Waals surface area contributed by atoms with Crippen LogP contribution in [-0.4, -0.2) is 24.5 Å². The zero-order valence-corrected chi connectivity index (χ0v) is 8.58. The van der Waals surface area contributed by atoms with E-state index in [0.29, 0.717) is 0 Å². The number of rotatable bonds is 5. The van der Waals surface area contributed by atoms with Crippen LogP contribution in [0.5, 0.6) is 0 Å². The second-order valence-corrected chi connectivity index (χ2v) is 3.37. The summed E-state index contributed by atoms with van der Waals surface area (Å²) in [6.45, 7) is 1.66. The molecule has 1 atom stereocenters. The van der Waals surface area contributed by atoms with Crippen LogP contribution in [0, 0.1) is 5.92 Å². The second kappa shape index (κ2) is 6.11. The second-order valence-electron chi connectivity index (χ2n) is 3.07. The highest BCUT2D eigenvalue weighted by atomic mass is 35.5. The molecule has 0 fully saturated rings. The molecule has 0 aromatic rings. The highest BCUT2D eigenvalue weighted by Crippen LogP contribution is 2.20. The van der Waals surface area contributed by atoms with Crippen molar-refractivity contribution in [3.8, 4) is 0 Å². The molecule has 1 amide bonds. The Kier molecular flexibility index (Phi) is 5.92. The lowest BCUT2D eigenvalue weighted by molar-refractivity contribution is -0.136. The molecule has 0 rings (SSSR count). The first-order valence-electron chi connectivity index (χ1n) is 4.27. The van der Waals surface area contributed by atoms with Crippen LogP contribution in [0.2, 0.25) is 0 Å². The molecule has 84 valence electrons. The Balaban J connectivity index is 3.51. The standard InChI is InChI=1S/C8H13ClF3NO/c1-6(5-9)7(14)13-4-2-3-8(10,11)12/h6H,2-5H2,1H3,(H,13,14). The molecule has 1 unspecified atom stereocenters. The van der Waals surface area contributed by atoms with Crippen LogP contribution in [0.15, 0.2) is 0 Å². The zero-order chi connectivity index (χ0) is 11.2. The first-order chi connectivity index (χ1) is 6.37. The van der Waals surface area contributed by atoms with Gasteiger partial charge in [-0.2, -0.15) is 13.2 Å². The largest absolute Gasteiger partial charge is 0.389 e. The fourth-order valence-corrected chi connectivity index (χ4v) is 0.885. The van der Waals surface area contributed by atoms with E-state index in [4.69, 9.17) is 11.6 Å². The Morgan fingerprint density at radius 2 is 2.07 bits per heavy atom. The van der Waals surface area contributed by atoms with Gasteiger partial charge < -0.3 is 5.32 Å². The minimum absolute atomic E-state index is 0.0412. The van der Waals surface area contributed by atoms with Gasteiger partial charge in [0, 0.05) is 24.8 Å². The molecule has 0 saturated carbocycles. The van der Waals surface area contributed by atoms with Crippen molar-refractivity contribution in [3.05, 3.63) is 0 Å². The van der Waals surface area contributed by atoms with Gasteiger partial charge in [-0.05, 0) is 6.42 Å². The Bertz CT molecular complexity index is 184. The van der Waals surface area contributed by atoms with Gasteiger partial charge in [0.15, 0.2) is 0 Å². The van der Waals surface area contributed by atoms with Gasteiger partial charge in [0.25, 0.3) is 0 Å². The molecule has 1 N–H and O–H groups in total. The lowest BCUT2D eigenvalue weighted by Gasteiger charge is -2.09. The van der Waals surface area contributed by atoms with Crippen LogP contribution in [0.25, 0.3) is 0 Å². The Morgan fingerprint density at radius 3 is 2.50 bits per heavy atom. The van der Waals surface area contributed by atoms with Crippen LogP contribution in [0.3, 0.4) is 0 Å². The molecule has 0 heterocycles. The van der Waals surface area contributed by atoms with Crippen LogP contribution in [-0.2, 0) is 4.79 Å². The number of nitrogens with one attached hydrogen (secondary N) is 1. The quantitative estimate of drug-likeness (QED) is 0.571. The Hall–Kier alpha value is -0.450. The van der Waals surface area contributed by atoms with Crippen LogP contribution < -0.4 is 5.32 Å². The van der Waals surface area contributed by atoms with Gasteiger partial charge in [0.05, 0.1) is 0 Å². The SMILES string of the molecule is CC(CCl)C(=O)NCCCC(F)(F)F. The third kappa shape index (κ3) is 7.00. The van der Waals surface area contributed by atoms with E-state index in [9.17, 15) is 18.0 Å². The summed E-state index contributed by atoms with van der Waals surface area (Å²) in [7, 11) is 0. The molecule has 14 heavy (non-hydrogen) atoms. The summed E-state index contributed by atoms with van der Waals surface area (Å²) in [5, 5.41) is 2.38. The molecule has 0 aliphatic rings. The van der Waals surface area contributed by atoms with Gasteiger partial charge in [0.1, 0.15) is 0 Å². The summed E-state index contributed by atoms with van der Waals surface area (Å²) in [5.74, 6) is -0.491.